The van der Waals surface area contributed by atoms with Crippen LogP contribution in [0.4, 0.5) is 0 Å². The Morgan fingerprint density at radius 2 is 1.59 bits per heavy atom. The van der Waals surface area contributed by atoms with Gasteiger partial charge >= 0.3 is 0 Å². The highest BCUT2D eigenvalue weighted by molar-refractivity contribution is 7.99. The Balaban J connectivity index is 1.35. The number of ketones is 1. The van der Waals surface area contributed by atoms with E-state index in [-0.39, 0.29) is 17.7 Å². The van der Waals surface area contributed by atoms with Crippen LogP contribution in [0.15, 0.2) is 58.3 Å². The largest absolute Gasteiger partial charge is 0.348 e. The van der Waals surface area contributed by atoms with Gasteiger partial charge in [-0.25, -0.2) is 0 Å². The molecule has 0 spiro atoms. The first kappa shape index (κ1) is 18.3. The Bertz CT molecular complexity index is 820. The highest BCUT2D eigenvalue weighted by Gasteiger charge is 2.32. The van der Waals surface area contributed by atoms with Crippen LogP contribution < -0.4 is 5.32 Å². The van der Waals surface area contributed by atoms with Gasteiger partial charge in [-0.1, -0.05) is 23.9 Å². The Morgan fingerprint density at radius 1 is 0.963 bits per heavy atom. The van der Waals surface area contributed by atoms with Crippen LogP contribution in [0, 0.1) is 5.92 Å². The molecule has 4 rings (SSSR count). The first-order valence-electron chi connectivity index (χ1n) is 9.49. The van der Waals surface area contributed by atoms with E-state index in [0.717, 1.165) is 34.2 Å². The monoisotopic (exact) mass is 380 g/mol. The Kier molecular flexibility index (Phi) is 5.32. The summed E-state index contributed by atoms with van der Waals surface area (Å²) in [7, 11) is 0. The van der Waals surface area contributed by atoms with E-state index >= 15 is 0 Å². The molecule has 27 heavy (non-hydrogen) atoms. The van der Waals surface area contributed by atoms with Gasteiger partial charge < -0.3 is 10.2 Å². The average molecular weight is 381 g/mol. The molecule has 2 aromatic rings. The lowest BCUT2D eigenvalue weighted by Gasteiger charge is -2.30. The second-order valence-electron chi connectivity index (χ2n) is 7.53. The molecule has 2 saturated heterocycles. The molecule has 2 aliphatic heterocycles. The van der Waals surface area contributed by atoms with Gasteiger partial charge in [-0.2, -0.15) is 0 Å². The lowest BCUT2D eigenvalue weighted by Crippen LogP contribution is -2.47. The van der Waals surface area contributed by atoms with Gasteiger partial charge in [0.05, 0.1) is 0 Å². The van der Waals surface area contributed by atoms with Gasteiger partial charge in [0.15, 0.2) is 5.78 Å². The van der Waals surface area contributed by atoms with Crippen molar-refractivity contribution < 1.29 is 9.59 Å². The normalized spacial score (nSPS) is 23.8. The summed E-state index contributed by atoms with van der Waals surface area (Å²) in [4.78, 5) is 28.5. The number of piperidine rings is 1. The van der Waals surface area contributed by atoms with Crippen molar-refractivity contribution in [3.63, 3.8) is 0 Å². The Labute approximate surface area is 164 Å². The second-order valence-corrected chi connectivity index (χ2v) is 8.67. The SMILES string of the molecule is CC(=O)c1ccc(Sc2ccc(C(=O)N[C@@H]3C[C@H]4CCN(C4)C3)cc2)cc1. The number of carbonyl (C=O) groups is 2. The van der Waals surface area contributed by atoms with E-state index in [4.69, 9.17) is 0 Å². The minimum Gasteiger partial charge on any atom is -0.348 e. The quantitative estimate of drug-likeness (QED) is 0.800. The van der Waals surface area contributed by atoms with E-state index in [2.05, 4.69) is 10.2 Å². The van der Waals surface area contributed by atoms with Crippen molar-refractivity contribution in [3.05, 3.63) is 59.7 Å². The predicted molar refractivity (Wildman–Crippen MR) is 107 cm³/mol. The lowest BCUT2D eigenvalue weighted by atomic mass is 9.96. The zero-order valence-corrected chi connectivity index (χ0v) is 16.3. The zero-order valence-electron chi connectivity index (χ0n) is 15.5. The number of benzene rings is 2. The number of carbonyl (C=O) groups excluding carboxylic acids is 2. The third-order valence-electron chi connectivity index (χ3n) is 5.41. The minimum atomic E-state index is 0.0184. The van der Waals surface area contributed by atoms with Gasteiger partial charge in [0.25, 0.3) is 5.91 Å². The fourth-order valence-corrected chi connectivity index (χ4v) is 4.82. The average Bonchev–Trinajstić information content (AvgIpc) is 3.01. The summed E-state index contributed by atoms with van der Waals surface area (Å²) in [5, 5.41) is 3.20. The molecular formula is C22H24N2O2S. The summed E-state index contributed by atoms with van der Waals surface area (Å²) >= 11 is 1.62. The summed E-state index contributed by atoms with van der Waals surface area (Å²) in [5.41, 5.74) is 1.43. The van der Waals surface area contributed by atoms with E-state index < -0.39 is 0 Å². The van der Waals surface area contributed by atoms with E-state index in [9.17, 15) is 9.59 Å². The van der Waals surface area contributed by atoms with Gasteiger partial charge in [-0.15, -0.1) is 0 Å². The molecule has 0 aliphatic carbocycles. The number of hydrogen-bond acceptors (Lipinski definition) is 4. The lowest BCUT2D eigenvalue weighted by molar-refractivity contribution is 0.0908. The van der Waals surface area contributed by atoms with Crippen LogP contribution in [0.5, 0.6) is 0 Å². The van der Waals surface area contributed by atoms with Gasteiger partial charge in [-0.05, 0) is 68.6 Å². The van der Waals surface area contributed by atoms with Crippen LogP contribution in [-0.4, -0.2) is 42.3 Å². The van der Waals surface area contributed by atoms with Crippen LogP contribution in [0.2, 0.25) is 0 Å². The molecule has 0 radical (unpaired) electrons. The highest BCUT2D eigenvalue weighted by atomic mass is 32.2. The number of hydrogen-bond donors (Lipinski definition) is 1. The second kappa shape index (κ2) is 7.87. The molecule has 5 heteroatoms. The van der Waals surface area contributed by atoms with E-state index in [1.165, 1.54) is 19.5 Å². The molecule has 3 atom stereocenters. The maximum atomic E-state index is 12.5. The summed E-state index contributed by atoms with van der Waals surface area (Å²) < 4.78 is 0. The molecule has 0 aromatic heterocycles. The van der Waals surface area contributed by atoms with E-state index in [0.29, 0.717) is 5.56 Å². The summed E-state index contributed by atoms with van der Waals surface area (Å²) in [5.74, 6) is 0.840. The van der Waals surface area contributed by atoms with Gasteiger partial charge in [0.2, 0.25) is 0 Å². The van der Waals surface area contributed by atoms with Crippen molar-refractivity contribution in [2.24, 2.45) is 5.92 Å². The van der Waals surface area contributed by atoms with Crippen molar-refractivity contribution >= 4 is 23.5 Å². The molecule has 0 saturated carbocycles. The third-order valence-corrected chi connectivity index (χ3v) is 6.43. The number of Topliss-reactive ketones (excluding diaryl/α,β-unsaturated/α-hetero) is 1. The topological polar surface area (TPSA) is 49.4 Å². The summed E-state index contributed by atoms with van der Waals surface area (Å²) in [6, 6.07) is 15.6. The smallest absolute Gasteiger partial charge is 0.251 e. The van der Waals surface area contributed by atoms with Crippen LogP contribution >= 0.6 is 11.8 Å². The first-order chi connectivity index (χ1) is 13.1. The number of amides is 1. The highest BCUT2D eigenvalue weighted by Crippen LogP contribution is 2.29. The summed E-state index contributed by atoms with van der Waals surface area (Å²) in [6.45, 7) is 4.93. The number of nitrogens with zero attached hydrogens (tertiary/aromatic N) is 1. The molecule has 1 unspecified atom stereocenters. The standard InChI is InChI=1S/C22H24N2O2S/c1-15(25)17-2-6-20(7-3-17)27-21-8-4-18(5-9-21)22(26)23-19-12-16-10-11-24(13-16)14-19/h2-9,16,19H,10-14H2,1H3,(H,23,26)/t16-,19-/m1/s1. The molecule has 4 nitrogen and oxygen atoms in total. The van der Waals surface area contributed by atoms with Crippen molar-refractivity contribution in [1.29, 1.82) is 0 Å². The minimum absolute atomic E-state index is 0.0184. The van der Waals surface area contributed by atoms with Crippen molar-refractivity contribution in [2.45, 2.75) is 35.6 Å². The molecule has 2 heterocycles. The molecule has 1 N–H and O–H groups in total. The maximum Gasteiger partial charge on any atom is 0.251 e. The molecular weight excluding hydrogens is 356 g/mol. The number of nitrogens with one attached hydrogen (secondary N) is 1. The third kappa shape index (κ3) is 4.42. The van der Waals surface area contributed by atoms with Crippen molar-refractivity contribution in [2.75, 3.05) is 19.6 Å². The van der Waals surface area contributed by atoms with Gasteiger partial charge in [0, 0.05) is 40.0 Å². The fraction of sp³-hybridized carbons (Fsp3) is 0.364. The first-order valence-corrected chi connectivity index (χ1v) is 10.3. The molecule has 2 fully saturated rings. The molecule has 1 amide bonds. The van der Waals surface area contributed by atoms with Gasteiger partial charge in [-0.3, -0.25) is 9.59 Å². The summed E-state index contributed by atoms with van der Waals surface area (Å²) in [6.07, 6.45) is 2.37. The maximum absolute atomic E-state index is 12.5. The Morgan fingerprint density at radius 3 is 2.19 bits per heavy atom. The molecule has 140 valence electrons. The zero-order chi connectivity index (χ0) is 18.8. The predicted octanol–water partition coefficient (Wildman–Crippen LogP) is 3.86. The molecule has 2 aliphatic rings. The Hall–Kier alpha value is -2.11. The van der Waals surface area contributed by atoms with Crippen LogP contribution in [0.3, 0.4) is 0 Å². The van der Waals surface area contributed by atoms with Gasteiger partial charge in [0.1, 0.15) is 0 Å². The van der Waals surface area contributed by atoms with Crippen LogP contribution in [0.25, 0.3) is 0 Å². The molecule has 2 aromatic carbocycles. The van der Waals surface area contributed by atoms with Crippen molar-refractivity contribution in [1.82, 2.24) is 10.2 Å². The van der Waals surface area contributed by atoms with E-state index in [1.807, 2.05) is 48.5 Å². The van der Waals surface area contributed by atoms with E-state index in [1.54, 1.807) is 18.7 Å². The van der Waals surface area contributed by atoms with Crippen LogP contribution in [-0.2, 0) is 0 Å². The fourth-order valence-electron chi connectivity index (χ4n) is 4.00. The van der Waals surface area contributed by atoms with Crippen LogP contribution in [0.1, 0.15) is 40.5 Å². The number of fused-ring (bicyclic) bond motifs is 2. The van der Waals surface area contributed by atoms with Crippen molar-refractivity contribution in [3.8, 4) is 0 Å². The number of rotatable bonds is 5. The molecule has 2 bridgehead atoms.